The zero-order valence-electron chi connectivity index (χ0n) is 9.88. The predicted molar refractivity (Wildman–Crippen MR) is 79.5 cm³/mol. The highest BCUT2D eigenvalue weighted by molar-refractivity contribution is 9.10. The molecule has 0 unspecified atom stereocenters. The summed E-state index contributed by atoms with van der Waals surface area (Å²) in [5.41, 5.74) is 0.826. The molecule has 0 aliphatic heterocycles. The third-order valence-electron chi connectivity index (χ3n) is 2.36. The van der Waals surface area contributed by atoms with E-state index in [9.17, 15) is 4.79 Å². The van der Waals surface area contributed by atoms with Crippen LogP contribution >= 0.6 is 27.3 Å². The lowest BCUT2D eigenvalue weighted by molar-refractivity contribution is -0.131. The minimum absolute atomic E-state index is 0.516. The van der Waals surface area contributed by atoms with E-state index in [1.165, 1.54) is 0 Å². The molecule has 19 heavy (non-hydrogen) atoms. The van der Waals surface area contributed by atoms with Crippen LogP contribution in [0.15, 0.2) is 46.3 Å². The molecule has 1 aromatic heterocycles. The third kappa shape index (κ3) is 4.22. The van der Waals surface area contributed by atoms with E-state index in [2.05, 4.69) is 15.9 Å². The Balaban J connectivity index is 1.95. The topological polar surface area (TPSA) is 46.5 Å². The normalized spacial score (nSPS) is 10.8. The van der Waals surface area contributed by atoms with E-state index in [1.807, 2.05) is 35.7 Å². The van der Waals surface area contributed by atoms with E-state index in [1.54, 1.807) is 17.4 Å². The van der Waals surface area contributed by atoms with Crippen LogP contribution in [0.5, 0.6) is 5.75 Å². The fourth-order valence-corrected chi connectivity index (χ4v) is 2.80. The molecular weight excluding hydrogens is 328 g/mol. The van der Waals surface area contributed by atoms with Gasteiger partial charge in [0.25, 0.3) is 0 Å². The average molecular weight is 339 g/mol. The molecule has 2 aromatic rings. The largest absolute Gasteiger partial charge is 0.488 e. The van der Waals surface area contributed by atoms with Crippen molar-refractivity contribution in [3.63, 3.8) is 0 Å². The average Bonchev–Trinajstić information content (AvgIpc) is 2.81. The fraction of sp³-hybridized carbons (Fsp3) is 0.0714. The minimum atomic E-state index is -0.956. The van der Waals surface area contributed by atoms with Gasteiger partial charge in [-0.1, -0.05) is 12.1 Å². The van der Waals surface area contributed by atoms with Crippen LogP contribution in [0.4, 0.5) is 0 Å². The van der Waals surface area contributed by atoms with Crippen molar-refractivity contribution < 1.29 is 14.6 Å². The predicted octanol–water partition coefficient (Wildman–Crippen LogP) is 4.19. The Kier molecular flexibility index (Phi) is 4.76. The molecule has 0 saturated carbocycles. The summed E-state index contributed by atoms with van der Waals surface area (Å²) in [6.45, 7) is 0.516. The molecule has 0 fully saturated rings. The van der Waals surface area contributed by atoms with Gasteiger partial charge in [-0.3, -0.25) is 0 Å². The maximum atomic E-state index is 10.4. The van der Waals surface area contributed by atoms with Crippen molar-refractivity contribution in [1.82, 2.24) is 0 Å². The van der Waals surface area contributed by atoms with Crippen LogP contribution in [0.2, 0.25) is 0 Å². The fourth-order valence-electron chi connectivity index (χ4n) is 1.42. The van der Waals surface area contributed by atoms with Gasteiger partial charge < -0.3 is 9.84 Å². The number of carbonyl (C=O) groups is 1. The van der Waals surface area contributed by atoms with Crippen molar-refractivity contribution >= 4 is 39.3 Å². The number of hydrogen-bond donors (Lipinski definition) is 1. The number of aliphatic carboxylic acids is 1. The van der Waals surface area contributed by atoms with E-state index in [0.717, 1.165) is 26.7 Å². The van der Waals surface area contributed by atoms with Crippen LogP contribution in [0.3, 0.4) is 0 Å². The monoisotopic (exact) mass is 338 g/mol. The van der Waals surface area contributed by atoms with Gasteiger partial charge in [0, 0.05) is 10.5 Å². The molecular formula is C14H11BrO3S. The molecule has 3 nitrogen and oxygen atoms in total. The number of carboxylic acid groups (broad SMARTS) is 1. The van der Waals surface area contributed by atoms with Crippen molar-refractivity contribution in [2.45, 2.75) is 6.61 Å². The summed E-state index contributed by atoms with van der Waals surface area (Å²) in [4.78, 5) is 11.5. The standard InChI is InChI=1S/C14H11BrO3S/c15-12-7-8-19-13(12)9-18-11-4-1-10(2-5-11)3-6-14(16)17/h1-8H,9H2,(H,16,17)/b6-3+. The van der Waals surface area contributed by atoms with E-state index < -0.39 is 5.97 Å². The number of benzene rings is 1. The van der Waals surface area contributed by atoms with Crippen molar-refractivity contribution in [3.8, 4) is 5.75 Å². The van der Waals surface area contributed by atoms with Gasteiger partial charge in [-0.05, 0) is 51.1 Å². The molecule has 1 aromatic carbocycles. The summed E-state index contributed by atoms with van der Waals surface area (Å²) in [6, 6.07) is 9.27. The second-order valence-corrected chi connectivity index (χ2v) is 5.58. The molecule has 5 heteroatoms. The zero-order valence-corrected chi connectivity index (χ0v) is 12.3. The number of thiophene rings is 1. The Bertz CT molecular complexity index is 587. The van der Waals surface area contributed by atoms with Gasteiger partial charge in [-0.25, -0.2) is 4.79 Å². The first-order chi connectivity index (χ1) is 9.15. The number of halogens is 1. The minimum Gasteiger partial charge on any atom is -0.488 e. The number of ether oxygens (including phenoxy) is 1. The van der Waals surface area contributed by atoms with Gasteiger partial charge in [0.1, 0.15) is 12.4 Å². The maximum Gasteiger partial charge on any atom is 0.328 e. The SMILES string of the molecule is O=C(O)/C=C/c1ccc(OCc2sccc2Br)cc1. The van der Waals surface area contributed by atoms with Crippen LogP contribution in [0.25, 0.3) is 6.08 Å². The summed E-state index contributed by atoms with van der Waals surface area (Å²) in [6.07, 6.45) is 2.65. The maximum absolute atomic E-state index is 10.4. The van der Waals surface area contributed by atoms with Crippen molar-refractivity contribution in [3.05, 3.63) is 56.7 Å². The zero-order chi connectivity index (χ0) is 13.7. The first-order valence-electron chi connectivity index (χ1n) is 5.51. The smallest absolute Gasteiger partial charge is 0.328 e. The molecule has 1 heterocycles. The van der Waals surface area contributed by atoms with Crippen LogP contribution in [-0.2, 0) is 11.4 Å². The third-order valence-corrected chi connectivity index (χ3v) is 4.26. The van der Waals surface area contributed by atoms with E-state index in [-0.39, 0.29) is 0 Å². The molecule has 0 radical (unpaired) electrons. The quantitative estimate of drug-likeness (QED) is 0.831. The number of rotatable bonds is 5. The van der Waals surface area contributed by atoms with Gasteiger partial charge in [0.15, 0.2) is 0 Å². The van der Waals surface area contributed by atoms with Gasteiger partial charge in [-0.2, -0.15) is 0 Å². The summed E-state index contributed by atoms with van der Waals surface area (Å²) < 4.78 is 6.71. The van der Waals surface area contributed by atoms with Crippen molar-refractivity contribution in [1.29, 1.82) is 0 Å². The molecule has 0 spiro atoms. The van der Waals surface area contributed by atoms with Crippen LogP contribution in [0, 0.1) is 0 Å². The highest BCUT2D eigenvalue weighted by Crippen LogP contribution is 2.24. The molecule has 0 aliphatic rings. The Hall–Kier alpha value is -1.59. The second-order valence-electron chi connectivity index (χ2n) is 3.72. The Morgan fingerprint density at radius 3 is 2.63 bits per heavy atom. The van der Waals surface area contributed by atoms with Crippen molar-refractivity contribution in [2.24, 2.45) is 0 Å². The van der Waals surface area contributed by atoms with Crippen molar-refractivity contribution in [2.75, 3.05) is 0 Å². The lowest BCUT2D eigenvalue weighted by atomic mass is 10.2. The highest BCUT2D eigenvalue weighted by atomic mass is 79.9. The molecule has 2 rings (SSSR count). The van der Waals surface area contributed by atoms with Gasteiger partial charge >= 0.3 is 5.97 Å². The van der Waals surface area contributed by atoms with E-state index >= 15 is 0 Å². The highest BCUT2D eigenvalue weighted by Gasteiger charge is 2.02. The Morgan fingerprint density at radius 1 is 1.32 bits per heavy atom. The lowest BCUT2D eigenvalue weighted by Gasteiger charge is -2.05. The Morgan fingerprint density at radius 2 is 2.05 bits per heavy atom. The second kappa shape index (κ2) is 6.54. The van der Waals surface area contributed by atoms with Gasteiger partial charge in [0.2, 0.25) is 0 Å². The molecule has 0 amide bonds. The molecule has 0 atom stereocenters. The summed E-state index contributed by atoms with van der Waals surface area (Å²) in [5.74, 6) is -0.198. The van der Waals surface area contributed by atoms with Gasteiger partial charge in [-0.15, -0.1) is 11.3 Å². The van der Waals surface area contributed by atoms with Crippen LogP contribution in [-0.4, -0.2) is 11.1 Å². The summed E-state index contributed by atoms with van der Waals surface area (Å²) >= 11 is 5.09. The molecule has 0 aliphatic carbocycles. The van der Waals surface area contributed by atoms with Crippen LogP contribution < -0.4 is 4.74 Å². The number of carboxylic acids is 1. The summed E-state index contributed by atoms with van der Waals surface area (Å²) in [5, 5.41) is 10.5. The first kappa shape index (κ1) is 13.8. The first-order valence-corrected chi connectivity index (χ1v) is 7.18. The van der Waals surface area contributed by atoms with Gasteiger partial charge in [0.05, 0.1) is 4.88 Å². The van der Waals surface area contributed by atoms with E-state index in [0.29, 0.717) is 6.61 Å². The van der Waals surface area contributed by atoms with Crippen LogP contribution in [0.1, 0.15) is 10.4 Å². The molecule has 98 valence electrons. The molecule has 0 bridgehead atoms. The number of hydrogen-bond acceptors (Lipinski definition) is 3. The van der Waals surface area contributed by atoms with E-state index in [4.69, 9.17) is 9.84 Å². The molecule has 0 saturated heterocycles. The molecule has 1 N–H and O–H groups in total. The lowest BCUT2D eigenvalue weighted by Crippen LogP contribution is -1.93. The Labute approximate surface area is 123 Å². The summed E-state index contributed by atoms with van der Waals surface area (Å²) in [7, 11) is 0.